The fourth-order valence-corrected chi connectivity index (χ4v) is 4.20. The molecule has 5 nitrogen and oxygen atoms in total. The molecule has 2 aromatic carbocycles. The number of aromatic amines is 1. The number of carbonyl (C=O) groups excluding carboxylic acids is 2. The largest absolute Gasteiger partial charge is 0.366 e. The maximum Gasteiger partial charge on any atom is 0.250 e. The number of amides is 2. The van der Waals surface area contributed by atoms with Gasteiger partial charge in [0.05, 0.1) is 11.1 Å². The Morgan fingerprint density at radius 2 is 1.96 bits per heavy atom. The Kier molecular flexibility index (Phi) is 4.30. The van der Waals surface area contributed by atoms with Crippen LogP contribution < -0.4 is 5.73 Å². The predicted octanol–water partition coefficient (Wildman–Crippen LogP) is 3.62. The van der Waals surface area contributed by atoms with Gasteiger partial charge in [-0.25, -0.2) is 0 Å². The number of nitrogens with two attached hydrogens (primary N) is 1. The first-order valence-corrected chi connectivity index (χ1v) is 9.36. The average molecular weight is 373 g/mol. The zero-order chi connectivity index (χ0) is 20.0. The van der Waals surface area contributed by atoms with Crippen LogP contribution in [0.3, 0.4) is 0 Å². The van der Waals surface area contributed by atoms with E-state index in [4.69, 9.17) is 5.73 Å². The van der Waals surface area contributed by atoms with Gasteiger partial charge in [0.25, 0.3) is 5.91 Å². The SMILES string of the molecule is C=CC(=O)N1CCc2c(cccc2-c2ccc(C(N)=O)c3[nH]c(C)c(C)c23)C1. The molecule has 2 heterocycles. The van der Waals surface area contributed by atoms with Gasteiger partial charge in [-0.2, -0.15) is 0 Å². The number of benzene rings is 2. The van der Waals surface area contributed by atoms with Crippen molar-refractivity contribution in [1.82, 2.24) is 9.88 Å². The lowest BCUT2D eigenvalue weighted by Gasteiger charge is -2.29. The first-order chi connectivity index (χ1) is 13.4. The number of H-pyrrole nitrogens is 1. The van der Waals surface area contributed by atoms with E-state index in [0.717, 1.165) is 45.3 Å². The number of nitrogens with one attached hydrogen (secondary N) is 1. The van der Waals surface area contributed by atoms with E-state index in [2.05, 4.69) is 30.6 Å². The summed E-state index contributed by atoms with van der Waals surface area (Å²) >= 11 is 0. The highest BCUT2D eigenvalue weighted by Crippen LogP contribution is 2.38. The first kappa shape index (κ1) is 18.0. The maximum absolute atomic E-state index is 12.0. The van der Waals surface area contributed by atoms with E-state index in [1.165, 1.54) is 11.6 Å². The van der Waals surface area contributed by atoms with Crippen molar-refractivity contribution in [2.24, 2.45) is 5.73 Å². The number of fused-ring (bicyclic) bond motifs is 2. The van der Waals surface area contributed by atoms with E-state index in [-0.39, 0.29) is 5.91 Å². The fourth-order valence-electron chi connectivity index (χ4n) is 4.20. The number of rotatable bonds is 3. The summed E-state index contributed by atoms with van der Waals surface area (Å²) in [4.78, 5) is 29.1. The quantitative estimate of drug-likeness (QED) is 0.688. The highest BCUT2D eigenvalue weighted by atomic mass is 16.2. The molecule has 3 N–H and O–H groups in total. The molecule has 0 radical (unpaired) electrons. The Morgan fingerprint density at radius 1 is 1.18 bits per heavy atom. The van der Waals surface area contributed by atoms with Crippen LogP contribution in [-0.4, -0.2) is 28.2 Å². The number of aryl methyl sites for hydroxylation is 2. The topological polar surface area (TPSA) is 79.2 Å². The van der Waals surface area contributed by atoms with Gasteiger partial charge >= 0.3 is 0 Å². The molecular formula is C23H23N3O2. The minimum atomic E-state index is -0.438. The first-order valence-electron chi connectivity index (χ1n) is 9.36. The summed E-state index contributed by atoms with van der Waals surface area (Å²) in [5.74, 6) is -0.479. The molecule has 0 fully saturated rings. The van der Waals surface area contributed by atoms with Gasteiger partial charge in [0, 0.05) is 24.2 Å². The van der Waals surface area contributed by atoms with Gasteiger partial charge in [-0.05, 0) is 60.2 Å². The highest BCUT2D eigenvalue weighted by Gasteiger charge is 2.23. The summed E-state index contributed by atoms with van der Waals surface area (Å²) in [6, 6.07) is 10.00. The van der Waals surface area contributed by atoms with Crippen molar-refractivity contribution in [1.29, 1.82) is 0 Å². The van der Waals surface area contributed by atoms with Crippen LogP contribution in [0.4, 0.5) is 0 Å². The second-order valence-corrected chi connectivity index (χ2v) is 7.31. The second-order valence-electron chi connectivity index (χ2n) is 7.31. The van der Waals surface area contributed by atoms with E-state index in [9.17, 15) is 9.59 Å². The molecule has 0 aliphatic carbocycles. The molecule has 0 saturated heterocycles. The number of nitrogens with zero attached hydrogens (tertiary/aromatic N) is 1. The Labute approximate surface area is 163 Å². The van der Waals surface area contributed by atoms with E-state index < -0.39 is 5.91 Å². The maximum atomic E-state index is 12.0. The van der Waals surface area contributed by atoms with Crippen LogP contribution in [0, 0.1) is 13.8 Å². The zero-order valence-corrected chi connectivity index (χ0v) is 16.1. The molecule has 0 saturated carbocycles. The van der Waals surface area contributed by atoms with Gasteiger partial charge in [-0.1, -0.05) is 30.8 Å². The Bertz CT molecular complexity index is 1140. The number of hydrogen-bond acceptors (Lipinski definition) is 2. The molecule has 0 atom stereocenters. The average Bonchev–Trinajstić information content (AvgIpc) is 3.00. The third-order valence-corrected chi connectivity index (χ3v) is 5.76. The molecule has 1 aliphatic heterocycles. The number of primary amides is 1. The van der Waals surface area contributed by atoms with Crippen LogP contribution in [0.2, 0.25) is 0 Å². The predicted molar refractivity (Wildman–Crippen MR) is 111 cm³/mol. The summed E-state index contributed by atoms with van der Waals surface area (Å²) in [6.07, 6.45) is 2.15. The van der Waals surface area contributed by atoms with Crippen molar-refractivity contribution >= 4 is 22.7 Å². The standard InChI is InChI=1S/C23H23N3O2/c1-4-20(27)26-11-10-16-15(12-26)6-5-7-17(16)18-8-9-19(23(24)28)22-21(18)13(2)14(3)25-22/h4-9,25H,1,10-12H2,2-3H3,(H2,24,28). The van der Waals surface area contributed by atoms with Crippen LogP contribution >= 0.6 is 0 Å². The summed E-state index contributed by atoms with van der Waals surface area (Å²) in [6.45, 7) is 8.91. The Hall–Kier alpha value is -3.34. The third-order valence-electron chi connectivity index (χ3n) is 5.76. The minimum Gasteiger partial charge on any atom is -0.366 e. The van der Waals surface area contributed by atoms with Crippen molar-refractivity contribution in [3.63, 3.8) is 0 Å². The molecule has 0 unspecified atom stereocenters. The number of carbonyl (C=O) groups is 2. The molecule has 4 rings (SSSR count). The molecule has 1 aromatic heterocycles. The molecule has 1 aliphatic rings. The zero-order valence-electron chi connectivity index (χ0n) is 16.1. The highest BCUT2D eigenvalue weighted by molar-refractivity contribution is 6.10. The lowest BCUT2D eigenvalue weighted by atomic mass is 9.88. The minimum absolute atomic E-state index is 0.0404. The molecule has 142 valence electrons. The van der Waals surface area contributed by atoms with Gasteiger partial charge < -0.3 is 15.6 Å². The van der Waals surface area contributed by atoms with Crippen molar-refractivity contribution in [3.05, 3.63) is 70.9 Å². The molecule has 3 aromatic rings. The van der Waals surface area contributed by atoms with Crippen molar-refractivity contribution in [2.75, 3.05) is 6.54 Å². The van der Waals surface area contributed by atoms with E-state index in [0.29, 0.717) is 18.7 Å². The van der Waals surface area contributed by atoms with Crippen molar-refractivity contribution in [3.8, 4) is 11.1 Å². The van der Waals surface area contributed by atoms with Gasteiger partial charge in [0.1, 0.15) is 0 Å². The summed E-state index contributed by atoms with van der Waals surface area (Å²) in [7, 11) is 0. The van der Waals surface area contributed by atoms with Gasteiger partial charge in [-0.15, -0.1) is 0 Å². The van der Waals surface area contributed by atoms with Crippen molar-refractivity contribution in [2.45, 2.75) is 26.8 Å². The summed E-state index contributed by atoms with van der Waals surface area (Å²) in [5, 5.41) is 1.03. The van der Waals surface area contributed by atoms with Crippen LogP contribution in [0.1, 0.15) is 32.7 Å². The van der Waals surface area contributed by atoms with E-state index in [1.54, 1.807) is 6.07 Å². The number of aromatic nitrogens is 1. The van der Waals surface area contributed by atoms with Crippen LogP contribution in [-0.2, 0) is 17.8 Å². The molecule has 28 heavy (non-hydrogen) atoms. The van der Waals surface area contributed by atoms with Crippen molar-refractivity contribution < 1.29 is 9.59 Å². The monoisotopic (exact) mass is 373 g/mol. The lowest BCUT2D eigenvalue weighted by molar-refractivity contribution is -0.126. The third kappa shape index (κ3) is 2.71. The van der Waals surface area contributed by atoms with Crippen LogP contribution in [0.25, 0.3) is 22.0 Å². The molecular weight excluding hydrogens is 350 g/mol. The van der Waals surface area contributed by atoms with Gasteiger partial charge in [0.15, 0.2) is 0 Å². The summed E-state index contributed by atoms with van der Waals surface area (Å²) in [5.41, 5.74) is 13.7. The number of hydrogen-bond donors (Lipinski definition) is 2. The summed E-state index contributed by atoms with van der Waals surface area (Å²) < 4.78 is 0. The molecule has 5 heteroatoms. The van der Waals surface area contributed by atoms with E-state index in [1.807, 2.05) is 24.0 Å². The van der Waals surface area contributed by atoms with Crippen LogP contribution in [0.15, 0.2) is 43.0 Å². The molecule has 2 amide bonds. The Balaban J connectivity index is 1.91. The Morgan fingerprint density at radius 3 is 2.68 bits per heavy atom. The smallest absolute Gasteiger partial charge is 0.250 e. The van der Waals surface area contributed by atoms with Crippen LogP contribution in [0.5, 0.6) is 0 Å². The van der Waals surface area contributed by atoms with Gasteiger partial charge in [-0.3, -0.25) is 9.59 Å². The fraction of sp³-hybridized carbons (Fsp3) is 0.217. The molecule has 0 bridgehead atoms. The van der Waals surface area contributed by atoms with E-state index >= 15 is 0 Å². The molecule has 0 spiro atoms. The lowest BCUT2D eigenvalue weighted by Crippen LogP contribution is -2.34. The second kappa shape index (κ2) is 6.68. The van der Waals surface area contributed by atoms with Gasteiger partial charge in [0.2, 0.25) is 5.91 Å². The normalized spacial score (nSPS) is 13.4.